The van der Waals surface area contributed by atoms with Crippen molar-refractivity contribution in [3.8, 4) is 56.7 Å². The zero-order valence-electron chi connectivity index (χ0n) is 41.2. The third-order valence-corrected chi connectivity index (χ3v) is 11.2. The van der Waals surface area contributed by atoms with E-state index in [1.165, 1.54) is 57.8 Å². The summed E-state index contributed by atoms with van der Waals surface area (Å²) in [5.74, 6) is 1.26. The Morgan fingerprint density at radius 2 is 1.37 bits per heavy atom. The van der Waals surface area contributed by atoms with Gasteiger partial charge in [0.1, 0.15) is 5.58 Å². The number of nitrogens with zero attached hydrogens (tertiary/aromatic N) is 4. The fourth-order valence-electron chi connectivity index (χ4n) is 8.01. The number of aromatic nitrogens is 3. The van der Waals surface area contributed by atoms with Gasteiger partial charge >= 0.3 is 0 Å². The summed E-state index contributed by atoms with van der Waals surface area (Å²) >= 11 is 0. The molecule has 3 heterocycles. The Hall–Kier alpha value is -6.90. The van der Waals surface area contributed by atoms with E-state index in [4.69, 9.17) is 17.6 Å². The van der Waals surface area contributed by atoms with Crippen LogP contribution in [0.1, 0.15) is 75.6 Å². The van der Waals surface area contributed by atoms with E-state index >= 15 is 0 Å². The van der Waals surface area contributed by atoms with Crippen molar-refractivity contribution in [2.75, 3.05) is 0 Å². The van der Waals surface area contributed by atoms with Gasteiger partial charge in [-0.2, -0.15) is 5.26 Å². The maximum absolute atomic E-state index is 9.53. The summed E-state index contributed by atoms with van der Waals surface area (Å²) in [5.41, 5.74) is 14.7. The molecule has 6 heteroatoms. The molecule has 0 unspecified atom stereocenters. The monoisotopic (exact) mass is 1000 g/mol. The predicted molar refractivity (Wildman–Crippen MR) is 254 cm³/mol. The summed E-state index contributed by atoms with van der Waals surface area (Å²) in [7, 11) is 0. The fourth-order valence-corrected chi connectivity index (χ4v) is 8.01. The molecule has 0 aliphatic heterocycles. The number of pyridine rings is 1. The number of imidazole rings is 1. The molecule has 3 aromatic heterocycles. The number of fused-ring (bicyclic) bond motifs is 4. The van der Waals surface area contributed by atoms with Crippen molar-refractivity contribution in [2.24, 2.45) is 0 Å². The SMILES string of the molecule is CC(C)c1cc(-c2ccc(-c3ccccc3)cc2)cc(C(C)C)c1-n1c(-c2[c-]ccc3c2oc2cc(C#N)ccc23)nc2ccccc21.[2H]C([2H])([2H])c1c[c-]c(-c2ccc(C([2H])([2H])[2H])cn2)cc1.[Ir]. The molecule has 0 amide bonds. The van der Waals surface area contributed by atoms with E-state index in [2.05, 4.69) is 140 Å². The molecule has 10 aromatic rings. The van der Waals surface area contributed by atoms with Crippen LogP contribution in [0, 0.1) is 37.2 Å². The average molecular weight is 1000 g/mol. The van der Waals surface area contributed by atoms with Crippen molar-refractivity contribution in [3.05, 3.63) is 198 Å². The molecule has 0 N–H and O–H groups in total. The smallest absolute Gasteiger partial charge is 0.122 e. The predicted octanol–water partition coefficient (Wildman–Crippen LogP) is 15.0. The van der Waals surface area contributed by atoms with Gasteiger partial charge in [0.15, 0.2) is 0 Å². The molecule has 1 radical (unpaired) electrons. The van der Waals surface area contributed by atoms with Crippen molar-refractivity contribution < 1.29 is 32.7 Å². The molecular weight excluding hydrogens is 949 g/mol. The van der Waals surface area contributed by atoms with Crippen LogP contribution in [0.25, 0.3) is 83.6 Å². The molecule has 7 aromatic carbocycles. The summed E-state index contributed by atoms with van der Waals surface area (Å²) in [5, 5.41) is 11.5. The minimum absolute atomic E-state index is 0. The molecule has 0 spiro atoms. The standard InChI is InChI=1S/C44H34N3O.C13H12N.Ir/c1-27(2)37-24-33(32-20-18-31(19-21-32)30-11-6-5-7-12-30)25-38(28(3)4)42(37)47-40-16-9-8-15-39(40)46-44(47)36-14-10-13-35-34-22-17-29(26-45)23-41(34)48-43(35)36;1-10-3-6-12(7-4-10)13-8-5-11(2)9-14-13;/h5-13,15-25,27-28H,1-4H3;3-6,8-9H,1-2H3;/q2*-1;/i;1D3,2D3;. The Labute approximate surface area is 391 Å². The summed E-state index contributed by atoms with van der Waals surface area (Å²) in [6.45, 7) is 4.73. The number of hydrogen-bond donors (Lipinski definition) is 0. The Kier molecular flexibility index (Phi) is 10.3. The molecule has 0 aliphatic carbocycles. The van der Waals surface area contributed by atoms with Gasteiger partial charge in [0.2, 0.25) is 0 Å². The second kappa shape index (κ2) is 18.2. The number of rotatable bonds is 7. The van der Waals surface area contributed by atoms with Gasteiger partial charge < -0.3 is 14.0 Å². The van der Waals surface area contributed by atoms with Crippen LogP contribution >= 0.6 is 0 Å². The molecule has 0 fully saturated rings. The minimum atomic E-state index is -2.18. The second-order valence-electron chi connectivity index (χ2n) is 16.0. The van der Waals surface area contributed by atoms with Crippen LogP contribution in [-0.2, 0) is 20.1 Å². The molecule has 0 aliphatic rings. The van der Waals surface area contributed by atoms with Crippen LogP contribution in [-0.4, -0.2) is 14.5 Å². The molecule has 10 rings (SSSR count). The van der Waals surface area contributed by atoms with Gasteiger partial charge in [0.25, 0.3) is 0 Å². The van der Waals surface area contributed by atoms with Gasteiger partial charge in [-0.25, -0.2) is 0 Å². The van der Waals surface area contributed by atoms with E-state index in [1.54, 1.807) is 18.2 Å². The Morgan fingerprint density at radius 3 is 2.02 bits per heavy atom. The first-order valence-electron chi connectivity index (χ1n) is 23.7. The Morgan fingerprint density at radius 1 is 0.683 bits per heavy atom. The second-order valence-corrected chi connectivity index (χ2v) is 16.0. The molecule has 311 valence electrons. The molecule has 5 nitrogen and oxygen atoms in total. The number of aryl methyl sites for hydroxylation is 2. The van der Waals surface area contributed by atoms with Gasteiger partial charge in [-0.3, -0.25) is 4.98 Å². The first kappa shape index (κ1) is 35.7. The van der Waals surface area contributed by atoms with Crippen molar-refractivity contribution in [3.63, 3.8) is 0 Å². The van der Waals surface area contributed by atoms with E-state index in [0.29, 0.717) is 28.0 Å². The van der Waals surface area contributed by atoms with E-state index in [0.717, 1.165) is 38.9 Å². The van der Waals surface area contributed by atoms with E-state index in [9.17, 15) is 5.26 Å². The van der Waals surface area contributed by atoms with E-state index in [-0.39, 0.29) is 43.1 Å². The zero-order valence-corrected chi connectivity index (χ0v) is 37.6. The third kappa shape index (κ3) is 8.51. The number of furan rings is 1. The molecule has 0 atom stereocenters. The summed E-state index contributed by atoms with van der Waals surface area (Å²) in [4.78, 5) is 9.33. The molecule has 0 bridgehead atoms. The van der Waals surface area contributed by atoms with E-state index in [1.807, 2.05) is 30.3 Å². The van der Waals surface area contributed by atoms with Crippen LogP contribution < -0.4 is 0 Å². The first-order chi connectivity index (χ1) is 32.6. The van der Waals surface area contributed by atoms with Gasteiger partial charge in [0.05, 0.1) is 34.1 Å². The van der Waals surface area contributed by atoms with Crippen LogP contribution in [0.3, 0.4) is 0 Å². The van der Waals surface area contributed by atoms with Gasteiger partial charge in [-0.1, -0.05) is 130 Å². The first-order valence-corrected chi connectivity index (χ1v) is 20.7. The number of hydrogen-bond acceptors (Lipinski definition) is 4. The van der Waals surface area contributed by atoms with Crippen molar-refractivity contribution in [1.82, 2.24) is 14.5 Å². The number of benzene rings is 7. The summed E-state index contributed by atoms with van der Waals surface area (Å²) < 4.78 is 52.5. The topological polar surface area (TPSA) is 67.6 Å². The van der Waals surface area contributed by atoms with Crippen molar-refractivity contribution >= 4 is 33.0 Å². The average Bonchev–Trinajstić information content (AvgIpc) is 3.92. The Balaban J connectivity index is 0.000000257. The summed E-state index contributed by atoms with van der Waals surface area (Å²) in [6.07, 6.45) is 1.30. The molecule has 0 saturated heterocycles. The van der Waals surface area contributed by atoms with Gasteiger partial charge in [-0.05, 0) is 99.7 Å². The number of nitriles is 1. The van der Waals surface area contributed by atoms with Crippen LogP contribution in [0.2, 0.25) is 0 Å². The molecule has 63 heavy (non-hydrogen) atoms. The zero-order chi connectivity index (χ0) is 47.9. The molecular formula is C57H46IrN4O-2. The van der Waals surface area contributed by atoms with Crippen LogP contribution in [0.5, 0.6) is 0 Å². The quantitative estimate of drug-likeness (QED) is 0.149. The third-order valence-electron chi connectivity index (χ3n) is 11.2. The maximum atomic E-state index is 9.53. The summed E-state index contributed by atoms with van der Waals surface area (Å²) in [6, 6.07) is 58.2. The minimum Gasteiger partial charge on any atom is -0.500 e. The van der Waals surface area contributed by atoms with Crippen molar-refractivity contribution in [1.29, 1.82) is 5.26 Å². The van der Waals surface area contributed by atoms with Crippen LogP contribution in [0.4, 0.5) is 0 Å². The van der Waals surface area contributed by atoms with Gasteiger partial charge in [0, 0.05) is 45.6 Å². The molecule has 0 saturated carbocycles. The van der Waals surface area contributed by atoms with Gasteiger partial charge in [-0.15, -0.1) is 53.6 Å². The maximum Gasteiger partial charge on any atom is 0.122 e. The van der Waals surface area contributed by atoms with Crippen molar-refractivity contribution in [2.45, 2.75) is 53.2 Å². The number of para-hydroxylation sites is 2. The van der Waals surface area contributed by atoms with Crippen LogP contribution in [0.15, 0.2) is 162 Å². The van der Waals surface area contributed by atoms with E-state index < -0.39 is 13.7 Å². The largest absolute Gasteiger partial charge is 0.500 e. The normalized spacial score (nSPS) is 13.0. The Bertz CT molecular complexity index is 3390. The fraction of sp³-hybridized carbons (Fsp3) is 0.140.